The molecule has 0 aliphatic rings. The first-order valence-electron chi connectivity index (χ1n) is 22.8. The van der Waals surface area contributed by atoms with Crippen LogP contribution in [0.1, 0.15) is 155 Å². The maximum atomic E-state index is 12.7. The summed E-state index contributed by atoms with van der Waals surface area (Å²) in [5, 5.41) is 11.6. The number of esters is 2. The lowest BCUT2D eigenvalue weighted by molar-refractivity contribution is -0.889. The molecule has 0 aromatic rings. The molecular formula is C51H83NO7. The second-order valence-corrected chi connectivity index (χ2v) is 15.9. The SMILES string of the molecule is CC/C=C/C=C/C=C/CCCCCCCC(=O)OCC(COCCC(C(=O)[O-])[N+](C)(C)C)OC(=O)CCCCCCCC/C=C/C/C=C/C/C=C/C/C=C/C/C=C/CC. The number of quaternary nitrogens is 1. The fraction of sp³-hybridized carbons (Fsp3) is 0.627. The number of carbonyl (C=O) groups is 3. The molecule has 0 rings (SSSR count). The van der Waals surface area contributed by atoms with Gasteiger partial charge < -0.3 is 28.6 Å². The summed E-state index contributed by atoms with van der Waals surface area (Å²) in [6.07, 6.45) is 54.3. The molecule has 0 amide bonds. The maximum Gasteiger partial charge on any atom is 0.306 e. The highest BCUT2D eigenvalue weighted by Gasteiger charge is 2.25. The standard InChI is InChI=1S/C51H83NO7/c1-6-8-10-12-14-16-18-20-21-22-23-24-25-26-27-28-30-32-34-36-38-40-42-50(54)59-47(45-57-44-43-48(51(55)56)52(3,4)5)46-58-49(53)41-39-37-35-33-31-29-19-17-15-13-11-9-7-2/h8-11,13-17,19-21,23-24,26-27,47-48H,6-7,12,18,22,25,28-46H2,1-5H3/b10-8+,11-9+,15-13+,16-14+,19-17+,21-20+,24-23+,27-26+. The van der Waals surface area contributed by atoms with Crippen LogP contribution in [0.2, 0.25) is 0 Å². The molecule has 0 aromatic carbocycles. The van der Waals surface area contributed by atoms with Crippen LogP contribution in [-0.4, -0.2) is 75.5 Å². The van der Waals surface area contributed by atoms with Crippen LogP contribution in [0.25, 0.3) is 0 Å². The molecule has 0 saturated carbocycles. The number of aliphatic carboxylic acids is 1. The molecule has 0 spiro atoms. The van der Waals surface area contributed by atoms with Gasteiger partial charge in [-0.25, -0.2) is 0 Å². The zero-order valence-corrected chi connectivity index (χ0v) is 37.9. The molecule has 0 fully saturated rings. The third kappa shape index (κ3) is 39.5. The largest absolute Gasteiger partial charge is 0.544 e. The predicted octanol–water partition coefficient (Wildman–Crippen LogP) is 11.4. The van der Waals surface area contributed by atoms with Crippen LogP contribution in [0.15, 0.2) is 97.2 Å². The number of allylic oxidation sites excluding steroid dienone is 16. The summed E-state index contributed by atoms with van der Waals surface area (Å²) in [6.45, 7) is 4.35. The first kappa shape index (κ1) is 55.2. The number of likely N-dealkylation sites (N-methyl/N-ethyl adjacent to an activating group) is 1. The van der Waals surface area contributed by atoms with Gasteiger partial charge in [-0.15, -0.1) is 0 Å². The Labute approximate surface area is 360 Å². The second kappa shape index (κ2) is 41.0. The Morgan fingerprint density at radius 3 is 1.51 bits per heavy atom. The third-order valence-electron chi connectivity index (χ3n) is 9.53. The maximum absolute atomic E-state index is 12.7. The van der Waals surface area contributed by atoms with E-state index < -0.39 is 18.1 Å². The number of ether oxygens (including phenoxy) is 3. The van der Waals surface area contributed by atoms with Crippen molar-refractivity contribution in [3.8, 4) is 0 Å². The Morgan fingerprint density at radius 1 is 0.525 bits per heavy atom. The normalized spacial score (nSPS) is 13.8. The molecular weight excluding hydrogens is 739 g/mol. The van der Waals surface area contributed by atoms with Gasteiger partial charge in [-0.05, 0) is 77.0 Å². The highest BCUT2D eigenvalue weighted by atomic mass is 16.6. The van der Waals surface area contributed by atoms with E-state index in [0.717, 1.165) is 109 Å². The summed E-state index contributed by atoms with van der Waals surface area (Å²) < 4.78 is 17.1. The summed E-state index contributed by atoms with van der Waals surface area (Å²) >= 11 is 0. The Balaban J connectivity index is 4.37. The lowest BCUT2D eigenvalue weighted by atomic mass is 10.1. The molecule has 0 saturated heterocycles. The number of unbranched alkanes of at least 4 members (excludes halogenated alkanes) is 11. The van der Waals surface area contributed by atoms with Gasteiger partial charge in [-0.1, -0.05) is 156 Å². The smallest absolute Gasteiger partial charge is 0.306 e. The second-order valence-electron chi connectivity index (χ2n) is 15.9. The van der Waals surface area contributed by atoms with Crippen LogP contribution >= 0.6 is 0 Å². The Kier molecular flexibility index (Phi) is 38.4. The van der Waals surface area contributed by atoms with Gasteiger partial charge >= 0.3 is 11.9 Å². The highest BCUT2D eigenvalue weighted by Crippen LogP contribution is 2.13. The first-order valence-corrected chi connectivity index (χ1v) is 22.8. The molecule has 0 N–H and O–H groups in total. The summed E-state index contributed by atoms with van der Waals surface area (Å²) in [6, 6.07) is -0.737. The van der Waals surface area contributed by atoms with Gasteiger partial charge in [0.25, 0.3) is 0 Å². The van der Waals surface area contributed by atoms with E-state index in [-0.39, 0.29) is 42.7 Å². The molecule has 8 heteroatoms. The number of carboxylic acids is 1. The molecule has 0 aliphatic carbocycles. The molecule has 2 unspecified atom stereocenters. The molecule has 0 radical (unpaired) electrons. The Bertz CT molecular complexity index is 1280. The fourth-order valence-electron chi connectivity index (χ4n) is 6.04. The van der Waals surface area contributed by atoms with Crippen LogP contribution in [0.3, 0.4) is 0 Å². The van der Waals surface area contributed by atoms with Crippen molar-refractivity contribution in [3.05, 3.63) is 97.2 Å². The predicted molar refractivity (Wildman–Crippen MR) is 245 cm³/mol. The molecule has 0 aliphatic heterocycles. The zero-order chi connectivity index (χ0) is 43.5. The van der Waals surface area contributed by atoms with E-state index in [1.54, 1.807) is 21.1 Å². The number of carboxylic acid groups (broad SMARTS) is 1. The molecule has 2 atom stereocenters. The van der Waals surface area contributed by atoms with Gasteiger partial charge in [0.1, 0.15) is 12.6 Å². The van der Waals surface area contributed by atoms with Crippen LogP contribution in [0, 0.1) is 0 Å². The molecule has 8 nitrogen and oxygen atoms in total. The molecule has 59 heavy (non-hydrogen) atoms. The number of carbonyl (C=O) groups excluding carboxylic acids is 3. The third-order valence-corrected chi connectivity index (χ3v) is 9.53. The van der Waals surface area contributed by atoms with E-state index in [9.17, 15) is 19.5 Å². The van der Waals surface area contributed by atoms with Crippen molar-refractivity contribution in [3.63, 3.8) is 0 Å². The molecule has 0 aromatic heterocycles. The molecule has 334 valence electrons. The summed E-state index contributed by atoms with van der Waals surface area (Å²) in [5.74, 6) is -1.80. The average molecular weight is 822 g/mol. The van der Waals surface area contributed by atoms with E-state index in [2.05, 4.69) is 98.9 Å². The van der Waals surface area contributed by atoms with Gasteiger partial charge in [-0.2, -0.15) is 0 Å². The summed E-state index contributed by atoms with van der Waals surface area (Å²) in [5.41, 5.74) is 0. The molecule has 0 bridgehead atoms. The minimum atomic E-state index is -1.14. The van der Waals surface area contributed by atoms with Gasteiger partial charge in [0, 0.05) is 19.3 Å². The van der Waals surface area contributed by atoms with Crippen molar-refractivity contribution in [1.82, 2.24) is 0 Å². The highest BCUT2D eigenvalue weighted by molar-refractivity contribution is 5.70. The van der Waals surface area contributed by atoms with E-state index >= 15 is 0 Å². The minimum Gasteiger partial charge on any atom is -0.544 e. The monoisotopic (exact) mass is 822 g/mol. The van der Waals surface area contributed by atoms with Crippen LogP contribution in [0.4, 0.5) is 0 Å². The van der Waals surface area contributed by atoms with E-state index in [1.165, 1.54) is 12.8 Å². The van der Waals surface area contributed by atoms with Gasteiger partial charge in [0.15, 0.2) is 6.10 Å². The van der Waals surface area contributed by atoms with Gasteiger partial charge in [0.2, 0.25) is 0 Å². The van der Waals surface area contributed by atoms with Crippen molar-refractivity contribution >= 4 is 17.9 Å². The number of hydrogen-bond donors (Lipinski definition) is 0. The summed E-state index contributed by atoms with van der Waals surface area (Å²) in [7, 11) is 5.38. The van der Waals surface area contributed by atoms with Gasteiger partial charge in [0.05, 0.1) is 40.3 Å². The van der Waals surface area contributed by atoms with Crippen LogP contribution in [-0.2, 0) is 28.6 Å². The average Bonchev–Trinajstić information content (AvgIpc) is 3.19. The number of rotatable bonds is 39. The van der Waals surface area contributed by atoms with Crippen molar-refractivity contribution in [2.45, 2.75) is 167 Å². The molecule has 0 heterocycles. The fourth-order valence-corrected chi connectivity index (χ4v) is 6.04. The van der Waals surface area contributed by atoms with Crippen molar-refractivity contribution in [2.75, 3.05) is 41.0 Å². The Morgan fingerprint density at radius 2 is 0.983 bits per heavy atom. The summed E-state index contributed by atoms with van der Waals surface area (Å²) in [4.78, 5) is 36.9. The van der Waals surface area contributed by atoms with Crippen LogP contribution < -0.4 is 5.11 Å². The van der Waals surface area contributed by atoms with Gasteiger partial charge in [-0.3, -0.25) is 9.59 Å². The van der Waals surface area contributed by atoms with Crippen molar-refractivity contribution in [2.24, 2.45) is 0 Å². The van der Waals surface area contributed by atoms with E-state index in [0.29, 0.717) is 12.8 Å². The topological polar surface area (TPSA) is 102 Å². The van der Waals surface area contributed by atoms with Crippen LogP contribution in [0.5, 0.6) is 0 Å². The number of hydrogen-bond acceptors (Lipinski definition) is 7. The number of nitrogens with zero attached hydrogens (tertiary/aromatic N) is 1. The Hall–Kier alpha value is -3.75. The minimum absolute atomic E-state index is 0.0213. The quantitative estimate of drug-likeness (QED) is 0.0200. The van der Waals surface area contributed by atoms with E-state index in [1.807, 2.05) is 12.2 Å². The van der Waals surface area contributed by atoms with Crippen molar-refractivity contribution < 1.29 is 38.2 Å². The first-order chi connectivity index (χ1) is 28.6. The van der Waals surface area contributed by atoms with E-state index in [4.69, 9.17) is 14.2 Å². The lowest BCUT2D eigenvalue weighted by Gasteiger charge is -2.34. The lowest BCUT2D eigenvalue weighted by Crippen LogP contribution is -2.55. The zero-order valence-electron chi connectivity index (χ0n) is 37.9. The van der Waals surface area contributed by atoms with Crippen molar-refractivity contribution in [1.29, 1.82) is 0 Å².